The second-order valence-electron chi connectivity index (χ2n) is 6.11. The number of piperazine rings is 1. The first-order valence-electron chi connectivity index (χ1n) is 6.32. The summed E-state index contributed by atoms with van der Waals surface area (Å²) >= 11 is 0. The van der Waals surface area contributed by atoms with Gasteiger partial charge in [-0.25, -0.2) is 0 Å². The highest BCUT2D eigenvalue weighted by atomic mass is 35.5. The molecule has 1 heterocycles. The molecule has 1 unspecified atom stereocenters. The molecule has 0 spiro atoms. The summed E-state index contributed by atoms with van der Waals surface area (Å²) in [5, 5.41) is 3.31. The van der Waals surface area contributed by atoms with Crippen LogP contribution in [0.2, 0.25) is 0 Å². The van der Waals surface area contributed by atoms with Crippen molar-refractivity contribution in [3.05, 3.63) is 0 Å². The van der Waals surface area contributed by atoms with Gasteiger partial charge in [-0.05, 0) is 18.3 Å². The summed E-state index contributed by atoms with van der Waals surface area (Å²) in [5.41, 5.74) is 0.215. The summed E-state index contributed by atoms with van der Waals surface area (Å²) in [6.45, 7) is 13.6. The van der Waals surface area contributed by atoms with Crippen LogP contribution in [0.1, 0.15) is 41.0 Å². The molecule has 0 bridgehead atoms. The van der Waals surface area contributed by atoms with Crippen LogP contribution in [0, 0.1) is 11.3 Å². The Morgan fingerprint density at radius 2 is 2.06 bits per heavy atom. The van der Waals surface area contributed by atoms with E-state index in [0.717, 1.165) is 19.6 Å². The van der Waals surface area contributed by atoms with Gasteiger partial charge in [0.05, 0.1) is 0 Å². The summed E-state index contributed by atoms with van der Waals surface area (Å²) < 4.78 is 0. The summed E-state index contributed by atoms with van der Waals surface area (Å²) in [5.74, 6) is 0.749. The van der Waals surface area contributed by atoms with Crippen LogP contribution in [0.4, 0.5) is 0 Å². The second kappa shape index (κ2) is 6.60. The molecule has 102 valence electrons. The Hall–Kier alpha value is -0.280. The van der Waals surface area contributed by atoms with E-state index < -0.39 is 0 Å². The highest BCUT2D eigenvalue weighted by Gasteiger charge is 2.28. The van der Waals surface area contributed by atoms with E-state index in [0.29, 0.717) is 24.3 Å². The Balaban J connectivity index is 0.00000256. The van der Waals surface area contributed by atoms with E-state index in [1.807, 2.05) is 4.90 Å². The molecule has 3 nitrogen and oxygen atoms in total. The maximum absolute atomic E-state index is 12.2. The van der Waals surface area contributed by atoms with Crippen LogP contribution in [0.3, 0.4) is 0 Å². The zero-order chi connectivity index (χ0) is 12.3. The predicted octanol–water partition coefficient (Wildman–Crippen LogP) is 2.30. The number of halogens is 1. The molecule has 17 heavy (non-hydrogen) atoms. The van der Waals surface area contributed by atoms with Crippen molar-refractivity contribution in [2.24, 2.45) is 11.3 Å². The minimum absolute atomic E-state index is 0. The zero-order valence-electron chi connectivity index (χ0n) is 11.7. The van der Waals surface area contributed by atoms with Crippen LogP contribution in [0.15, 0.2) is 0 Å². The molecule has 2 atom stereocenters. The van der Waals surface area contributed by atoms with Crippen molar-refractivity contribution in [1.82, 2.24) is 10.2 Å². The van der Waals surface area contributed by atoms with Crippen molar-refractivity contribution in [3.8, 4) is 0 Å². The molecule has 1 aliphatic heterocycles. The van der Waals surface area contributed by atoms with Gasteiger partial charge in [0.1, 0.15) is 0 Å². The third kappa shape index (κ3) is 4.84. The van der Waals surface area contributed by atoms with Crippen LogP contribution in [0.5, 0.6) is 0 Å². The summed E-state index contributed by atoms with van der Waals surface area (Å²) in [6, 6.07) is 0.341. The number of amides is 1. The van der Waals surface area contributed by atoms with Crippen LogP contribution in [-0.2, 0) is 4.79 Å². The lowest BCUT2D eigenvalue weighted by atomic mass is 9.80. The van der Waals surface area contributed by atoms with Gasteiger partial charge in [0.2, 0.25) is 5.91 Å². The molecule has 1 aliphatic rings. The maximum Gasteiger partial charge on any atom is 0.223 e. The number of nitrogens with zero attached hydrogens (tertiary/aromatic N) is 1. The largest absolute Gasteiger partial charge is 0.337 e. The van der Waals surface area contributed by atoms with Gasteiger partial charge in [-0.2, -0.15) is 0 Å². The maximum atomic E-state index is 12.2. The molecule has 1 fully saturated rings. The minimum atomic E-state index is 0. The Morgan fingerprint density at radius 1 is 1.47 bits per heavy atom. The van der Waals surface area contributed by atoms with Crippen molar-refractivity contribution in [1.29, 1.82) is 0 Å². The van der Waals surface area contributed by atoms with Crippen molar-refractivity contribution < 1.29 is 4.79 Å². The number of hydrogen-bond donors (Lipinski definition) is 1. The van der Waals surface area contributed by atoms with Gasteiger partial charge in [-0.15, -0.1) is 12.4 Å². The fourth-order valence-corrected chi connectivity index (χ4v) is 1.90. The zero-order valence-corrected chi connectivity index (χ0v) is 12.6. The van der Waals surface area contributed by atoms with E-state index in [1.54, 1.807) is 0 Å². The van der Waals surface area contributed by atoms with E-state index in [2.05, 4.69) is 39.9 Å². The van der Waals surface area contributed by atoms with Crippen molar-refractivity contribution in [2.45, 2.75) is 47.1 Å². The lowest BCUT2D eigenvalue weighted by Gasteiger charge is -2.36. The minimum Gasteiger partial charge on any atom is -0.337 e. The number of carbonyl (C=O) groups is 1. The topological polar surface area (TPSA) is 32.3 Å². The first-order valence-corrected chi connectivity index (χ1v) is 6.32. The smallest absolute Gasteiger partial charge is 0.223 e. The molecule has 0 saturated carbocycles. The summed E-state index contributed by atoms with van der Waals surface area (Å²) in [6.07, 6.45) is 0.674. The summed E-state index contributed by atoms with van der Waals surface area (Å²) in [4.78, 5) is 14.2. The highest BCUT2D eigenvalue weighted by molar-refractivity contribution is 5.85. The molecule has 1 rings (SSSR count). The first kappa shape index (κ1) is 16.7. The average Bonchev–Trinajstić information content (AvgIpc) is 2.16. The van der Waals surface area contributed by atoms with E-state index in [9.17, 15) is 4.79 Å². The molecule has 0 aromatic carbocycles. The molecular formula is C13H27ClN2O. The number of nitrogens with one attached hydrogen (secondary N) is 1. The average molecular weight is 263 g/mol. The van der Waals surface area contributed by atoms with Crippen molar-refractivity contribution in [2.75, 3.05) is 19.6 Å². The standard InChI is InChI=1S/C13H26N2O.ClH/c1-10(13(3,4)5)8-12(16)15-7-6-14-9-11(15)2;/h10-11,14H,6-9H2,1-5H3;1H/t10?,11-;/m1./s1. The van der Waals surface area contributed by atoms with Gasteiger partial charge in [0.25, 0.3) is 0 Å². The lowest BCUT2D eigenvalue weighted by molar-refractivity contribution is -0.135. The van der Waals surface area contributed by atoms with E-state index >= 15 is 0 Å². The predicted molar refractivity (Wildman–Crippen MR) is 74.5 cm³/mol. The fraction of sp³-hybridized carbons (Fsp3) is 0.923. The molecule has 4 heteroatoms. The quantitative estimate of drug-likeness (QED) is 0.828. The normalized spacial score (nSPS) is 22.9. The summed E-state index contributed by atoms with van der Waals surface area (Å²) in [7, 11) is 0. The van der Waals surface area contributed by atoms with E-state index in [-0.39, 0.29) is 17.8 Å². The number of rotatable bonds is 2. The van der Waals surface area contributed by atoms with Crippen LogP contribution in [0.25, 0.3) is 0 Å². The van der Waals surface area contributed by atoms with Crippen LogP contribution >= 0.6 is 12.4 Å². The molecule has 0 aromatic heterocycles. The van der Waals surface area contributed by atoms with Gasteiger partial charge in [-0.3, -0.25) is 4.79 Å². The third-order valence-electron chi connectivity index (χ3n) is 3.78. The molecule has 0 aliphatic carbocycles. The SMILES string of the molecule is CC(CC(=O)N1CCNC[C@H]1C)C(C)(C)C.Cl. The Bertz CT molecular complexity index is 250. The van der Waals surface area contributed by atoms with Gasteiger partial charge in [0.15, 0.2) is 0 Å². The second-order valence-corrected chi connectivity index (χ2v) is 6.11. The highest BCUT2D eigenvalue weighted by Crippen LogP contribution is 2.28. The van der Waals surface area contributed by atoms with Crippen LogP contribution < -0.4 is 5.32 Å². The third-order valence-corrected chi connectivity index (χ3v) is 3.78. The monoisotopic (exact) mass is 262 g/mol. The van der Waals surface area contributed by atoms with Gasteiger partial charge >= 0.3 is 0 Å². The van der Waals surface area contributed by atoms with Gasteiger partial charge in [-0.1, -0.05) is 27.7 Å². The fourth-order valence-electron chi connectivity index (χ4n) is 1.90. The molecule has 1 saturated heterocycles. The van der Waals surface area contributed by atoms with Crippen molar-refractivity contribution in [3.63, 3.8) is 0 Å². The van der Waals surface area contributed by atoms with Crippen molar-refractivity contribution >= 4 is 18.3 Å². The Kier molecular flexibility index (Phi) is 6.49. The first-order chi connectivity index (χ1) is 7.32. The van der Waals surface area contributed by atoms with E-state index in [4.69, 9.17) is 0 Å². The van der Waals surface area contributed by atoms with Gasteiger partial charge < -0.3 is 10.2 Å². The van der Waals surface area contributed by atoms with E-state index in [1.165, 1.54) is 0 Å². The molecular weight excluding hydrogens is 236 g/mol. The van der Waals surface area contributed by atoms with Crippen LogP contribution in [-0.4, -0.2) is 36.5 Å². The Morgan fingerprint density at radius 3 is 2.53 bits per heavy atom. The molecule has 0 aromatic rings. The van der Waals surface area contributed by atoms with Gasteiger partial charge in [0, 0.05) is 32.1 Å². The Labute approximate surface area is 112 Å². The number of carbonyl (C=O) groups excluding carboxylic acids is 1. The number of hydrogen-bond acceptors (Lipinski definition) is 2. The molecule has 0 radical (unpaired) electrons. The molecule has 1 N–H and O–H groups in total. The molecule has 1 amide bonds. The lowest BCUT2D eigenvalue weighted by Crippen LogP contribution is -2.52.